The minimum absolute atomic E-state index is 0.0145. The van der Waals surface area contributed by atoms with Crippen molar-refractivity contribution >= 4 is 5.97 Å². The molecule has 2 atom stereocenters. The Morgan fingerprint density at radius 3 is 2.46 bits per heavy atom. The first-order valence-corrected chi connectivity index (χ1v) is 5.21. The number of carbonyl (C=O) groups excluding carboxylic acids is 1. The van der Waals surface area contributed by atoms with Gasteiger partial charge in [0.1, 0.15) is 0 Å². The summed E-state index contributed by atoms with van der Waals surface area (Å²) in [5.74, 6) is 1.53. The summed E-state index contributed by atoms with van der Waals surface area (Å²) >= 11 is 0. The van der Waals surface area contributed by atoms with Crippen molar-refractivity contribution < 1.29 is 9.53 Å². The lowest BCUT2D eigenvalue weighted by Crippen LogP contribution is -2.14. The molecule has 1 rings (SSSR count). The smallest absolute Gasteiger partial charge is 0.309 e. The van der Waals surface area contributed by atoms with Crippen LogP contribution in [-0.2, 0) is 9.53 Å². The van der Waals surface area contributed by atoms with Crippen molar-refractivity contribution in [2.24, 2.45) is 17.8 Å². The molecule has 13 heavy (non-hydrogen) atoms. The second-order valence-corrected chi connectivity index (χ2v) is 4.72. The Labute approximate surface area is 80.7 Å². The second-order valence-electron chi connectivity index (χ2n) is 4.72. The van der Waals surface area contributed by atoms with Crippen LogP contribution in [0.2, 0.25) is 0 Å². The molecule has 1 saturated carbocycles. The number of hydrogen-bond acceptors (Lipinski definition) is 2. The zero-order chi connectivity index (χ0) is 10.0. The second kappa shape index (κ2) is 4.12. The molecule has 0 saturated heterocycles. The summed E-state index contributed by atoms with van der Waals surface area (Å²) in [6, 6.07) is 0. The molecule has 0 aromatic heterocycles. The molecule has 0 N–H and O–H groups in total. The van der Waals surface area contributed by atoms with Crippen LogP contribution in [0, 0.1) is 17.8 Å². The van der Waals surface area contributed by atoms with Crippen LogP contribution in [0.4, 0.5) is 0 Å². The molecule has 0 amide bonds. The predicted molar refractivity (Wildman–Crippen MR) is 52.3 cm³/mol. The van der Waals surface area contributed by atoms with Crippen molar-refractivity contribution in [3.63, 3.8) is 0 Å². The monoisotopic (exact) mass is 184 g/mol. The quantitative estimate of drug-likeness (QED) is 0.628. The van der Waals surface area contributed by atoms with Gasteiger partial charge in [-0.25, -0.2) is 0 Å². The lowest BCUT2D eigenvalue weighted by Gasteiger charge is -2.07. The summed E-state index contributed by atoms with van der Waals surface area (Å²) in [5, 5.41) is 0. The SMILES string of the molecule is CC(C)CC1CC1C(=O)OC(C)C. The highest BCUT2D eigenvalue weighted by molar-refractivity contribution is 5.75. The predicted octanol–water partition coefficient (Wildman–Crippen LogP) is 2.62. The van der Waals surface area contributed by atoms with Crippen LogP contribution in [0.3, 0.4) is 0 Å². The van der Waals surface area contributed by atoms with Gasteiger partial charge in [-0.05, 0) is 38.5 Å². The lowest BCUT2D eigenvalue weighted by atomic mass is 10.1. The summed E-state index contributed by atoms with van der Waals surface area (Å²) in [7, 11) is 0. The maximum atomic E-state index is 11.4. The van der Waals surface area contributed by atoms with Gasteiger partial charge in [0, 0.05) is 0 Å². The maximum Gasteiger partial charge on any atom is 0.309 e. The van der Waals surface area contributed by atoms with Gasteiger partial charge in [0.15, 0.2) is 0 Å². The summed E-state index contributed by atoms with van der Waals surface area (Å²) < 4.78 is 5.15. The van der Waals surface area contributed by atoms with Gasteiger partial charge in [0.05, 0.1) is 12.0 Å². The number of carbonyl (C=O) groups is 1. The first kappa shape index (κ1) is 10.6. The molecule has 0 aliphatic heterocycles. The van der Waals surface area contributed by atoms with Crippen molar-refractivity contribution in [3.05, 3.63) is 0 Å². The average molecular weight is 184 g/mol. The van der Waals surface area contributed by atoms with E-state index in [2.05, 4.69) is 13.8 Å². The van der Waals surface area contributed by atoms with Crippen molar-refractivity contribution in [2.45, 2.75) is 46.6 Å². The molecule has 0 aromatic rings. The van der Waals surface area contributed by atoms with Gasteiger partial charge < -0.3 is 4.74 Å². The summed E-state index contributed by atoms with van der Waals surface area (Å²) in [6.07, 6.45) is 2.24. The van der Waals surface area contributed by atoms with Gasteiger partial charge in [-0.1, -0.05) is 13.8 Å². The summed E-state index contributed by atoms with van der Waals surface area (Å²) in [4.78, 5) is 11.4. The third-order valence-electron chi connectivity index (χ3n) is 2.35. The summed E-state index contributed by atoms with van der Waals surface area (Å²) in [5.41, 5.74) is 0. The van der Waals surface area contributed by atoms with Crippen LogP contribution in [-0.4, -0.2) is 12.1 Å². The molecule has 0 spiro atoms. The van der Waals surface area contributed by atoms with Crippen LogP contribution in [0.5, 0.6) is 0 Å². The van der Waals surface area contributed by atoms with Gasteiger partial charge in [-0.2, -0.15) is 0 Å². The van der Waals surface area contributed by atoms with E-state index in [1.54, 1.807) is 0 Å². The molecule has 1 aliphatic carbocycles. The van der Waals surface area contributed by atoms with Crippen molar-refractivity contribution in [1.82, 2.24) is 0 Å². The zero-order valence-corrected chi connectivity index (χ0v) is 9.04. The molecule has 1 fully saturated rings. The summed E-state index contributed by atoms with van der Waals surface area (Å²) in [6.45, 7) is 8.20. The van der Waals surface area contributed by atoms with E-state index < -0.39 is 0 Å². The number of hydrogen-bond donors (Lipinski definition) is 0. The number of esters is 1. The molecular formula is C11H20O2. The first-order chi connectivity index (χ1) is 6.00. The van der Waals surface area contributed by atoms with Gasteiger partial charge in [-0.15, -0.1) is 0 Å². The molecule has 0 radical (unpaired) electrons. The fourth-order valence-electron chi connectivity index (χ4n) is 1.72. The van der Waals surface area contributed by atoms with E-state index in [9.17, 15) is 4.79 Å². The Hall–Kier alpha value is -0.530. The highest BCUT2D eigenvalue weighted by atomic mass is 16.5. The molecule has 2 unspecified atom stereocenters. The fourth-order valence-corrected chi connectivity index (χ4v) is 1.72. The molecular weight excluding hydrogens is 164 g/mol. The van der Waals surface area contributed by atoms with Crippen molar-refractivity contribution in [3.8, 4) is 0 Å². The number of rotatable bonds is 4. The highest BCUT2D eigenvalue weighted by Crippen LogP contribution is 2.43. The topological polar surface area (TPSA) is 26.3 Å². The van der Waals surface area contributed by atoms with E-state index in [4.69, 9.17) is 4.74 Å². The van der Waals surface area contributed by atoms with Crippen LogP contribution in [0.1, 0.15) is 40.5 Å². The molecule has 76 valence electrons. The first-order valence-electron chi connectivity index (χ1n) is 5.21. The Morgan fingerprint density at radius 1 is 1.38 bits per heavy atom. The molecule has 2 heteroatoms. The minimum atomic E-state index is 0.0145. The highest BCUT2D eigenvalue weighted by Gasteiger charge is 2.44. The molecule has 2 nitrogen and oxygen atoms in total. The van der Waals surface area contributed by atoms with Crippen LogP contribution in [0.15, 0.2) is 0 Å². The normalized spacial score (nSPS) is 26.6. The standard InChI is InChI=1S/C11H20O2/c1-7(2)5-9-6-10(9)11(12)13-8(3)4/h7-10H,5-6H2,1-4H3. The minimum Gasteiger partial charge on any atom is -0.463 e. The molecule has 1 aliphatic rings. The molecule has 0 bridgehead atoms. The van der Waals surface area contributed by atoms with E-state index in [1.807, 2.05) is 13.8 Å². The van der Waals surface area contributed by atoms with E-state index in [0.29, 0.717) is 11.8 Å². The van der Waals surface area contributed by atoms with Crippen LogP contribution < -0.4 is 0 Å². The van der Waals surface area contributed by atoms with Gasteiger partial charge >= 0.3 is 5.97 Å². The van der Waals surface area contributed by atoms with E-state index in [1.165, 1.54) is 0 Å². The van der Waals surface area contributed by atoms with Gasteiger partial charge in [-0.3, -0.25) is 4.79 Å². The third kappa shape index (κ3) is 3.37. The number of ether oxygens (including phenoxy) is 1. The van der Waals surface area contributed by atoms with E-state index in [-0.39, 0.29) is 18.0 Å². The van der Waals surface area contributed by atoms with E-state index >= 15 is 0 Å². The average Bonchev–Trinajstić information content (AvgIpc) is 2.64. The Balaban J connectivity index is 2.22. The van der Waals surface area contributed by atoms with E-state index in [0.717, 1.165) is 12.8 Å². The lowest BCUT2D eigenvalue weighted by molar-refractivity contribution is -0.149. The van der Waals surface area contributed by atoms with Crippen molar-refractivity contribution in [2.75, 3.05) is 0 Å². The molecule has 0 heterocycles. The van der Waals surface area contributed by atoms with Crippen LogP contribution in [0.25, 0.3) is 0 Å². The Kier molecular flexibility index (Phi) is 3.34. The van der Waals surface area contributed by atoms with Gasteiger partial charge in [0.25, 0.3) is 0 Å². The third-order valence-corrected chi connectivity index (χ3v) is 2.35. The largest absolute Gasteiger partial charge is 0.463 e. The maximum absolute atomic E-state index is 11.4. The zero-order valence-electron chi connectivity index (χ0n) is 9.04. The van der Waals surface area contributed by atoms with Gasteiger partial charge in [0.2, 0.25) is 0 Å². The molecule has 0 aromatic carbocycles. The van der Waals surface area contributed by atoms with Crippen LogP contribution >= 0.6 is 0 Å². The fraction of sp³-hybridized carbons (Fsp3) is 0.909. The Morgan fingerprint density at radius 2 is 2.00 bits per heavy atom. The van der Waals surface area contributed by atoms with Crippen molar-refractivity contribution in [1.29, 1.82) is 0 Å². The Bertz CT molecular complexity index is 185.